The number of para-hydroxylation sites is 1. The van der Waals surface area contributed by atoms with Gasteiger partial charge in [-0.3, -0.25) is 0 Å². The molecule has 0 spiro atoms. The van der Waals surface area contributed by atoms with Gasteiger partial charge in [-0.2, -0.15) is 0 Å². The molecule has 0 bridgehead atoms. The summed E-state index contributed by atoms with van der Waals surface area (Å²) in [6.45, 7) is 0. The second-order valence-corrected chi connectivity index (χ2v) is 2.88. The molecule has 0 saturated heterocycles. The maximum Gasteiger partial charge on any atom is 0.200 e. The third-order valence-electron chi connectivity index (χ3n) is 1.70. The largest absolute Gasteiger partial charge is 0.359 e. The zero-order chi connectivity index (χ0) is 8.55. The highest BCUT2D eigenvalue weighted by Crippen LogP contribution is 2.21. The van der Waals surface area contributed by atoms with Crippen molar-refractivity contribution in [2.75, 3.05) is 12.4 Å². The van der Waals surface area contributed by atoms with E-state index in [0.717, 1.165) is 17.0 Å². The first-order chi connectivity index (χ1) is 5.81. The van der Waals surface area contributed by atoms with Gasteiger partial charge in [0.25, 0.3) is 0 Å². The molecule has 3 nitrogen and oxygen atoms in total. The molecule has 0 aliphatic heterocycles. The van der Waals surface area contributed by atoms with Crippen molar-refractivity contribution in [3.63, 3.8) is 0 Å². The molecule has 2 N–H and O–H groups in total. The van der Waals surface area contributed by atoms with Gasteiger partial charge in [-0.15, -0.1) is 0 Å². The van der Waals surface area contributed by atoms with Gasteiger partial charge in [0.05, 0.1) is 10.5 Å². The first-order valence-corrected chi connectivity index (χ1v) is 4.01. The number of aromatic amines is 1. The van der Waals surface area contributed by atoms with Crippen molar-refractivity contribution < 1.29 is 0 Å². The smallest absolute Gasteiger partial charge is 0.200 e. The number of halogens is 1. The summed E-state index contributed by atoms with van der Waals surface area (Å²) in [6.07, 6.45) is 0. The predicted molar refractivity (Wildman–Crippen MR) is 50.7 cm³/mol. The first kappa shape index (κ1) is 7.43. The molecule has 0 fully saturated rings. The molecular formula is C8H8ClN3. The fourth-order valence-electron chi connectivity index (χ4n) is 1.12. The minimum absolute atomic E-state index is 0.672. The van der Waals surface area contributed by atoms with Crippen LogP contribution in [0, 0.1) is 0 Å². The van der Waals surface area contributed by atoms with Gasteiger partial charge < -0.3 is 10.3 Å². The summed E-state index contributed by atoms with van der Waals surface area (Å²) in [6, 6.07) is 5.65. The molecule has 0 aliphatic carbocycles. The summed E-state index contributed by atoms with van der Waals surface area (Å²) in [5.74, 6) is 0.734. The van der Waals surface area contributed by atoms with Crippen molar-refractivity contribution in [2.24, 2.45) is 0 Å². The Balaban J connectivity index is 2.74. The number of hydrogen-bond donors (Lipinski definition) is 2. The van der Waals surface area contributed by atoms with Crippen LogP contribution in [0.15, 0.2) is 18.2 Å². The van der Waals surface area contributed by atoms with Crippen LogP contribution in [-0.2, 0) is 0 Å². The van der Waals surface area contributed by atoms with Gasteiger partial charge in [0.15, 0.2) is 0 Å². The normalized spacial score (nSPS) is 10.5. The Morgan fingerprint density at radius 3 is 3.00 bits per heavy atom. The van der Waals surface area contributed by atoms with Crippen LogP contribution in [0.2, 0.25) is 5.02 Å². The minimum atomic E-state index is 0.672. The van der Waals surface area contributed by atoms with E-state index in [-0.39, 0.29) is 0 Å². The van der Waals surface area contributed by atoms with E-state index in [2.05, 4.69) is 15.3 Å². The number of aromatic nitrogens is 2. The molecule has 1 heterocycles. The van der Waals surface area contributed by atoms with Crippen molar-refractivity contribution in [1.82, 2.24) is 9.97 Å². The third kappa shape index (κ3) is 1.02. The van der Waals surface area contributed by atoms with E-state index in [1.165, 1.54) is 0 Å². The molecule has 0 radical (unpaired) electrons. The Morgan fingerprint density at radius 1 is 1.50 bits per heavy atom. The van der Waals surface area contributed by atoms with Crippen LogP contribution in [0.5, 0.6) is 0 Å². The van der Waals surface area contributed by atoms with Crippen molar-refractivity contribution >= 4 is 28.6 Å². The van der Waals surface area contributed by atoms with Crippen LogP contribution in [0.3, 0.4) is 0 Å². The second-order valence-electron chi connectivity index (χ2n) is 2.47. The lowest BCUT2D eigenvalue weighted by Crippen LogP contribution is -1.88. The standard InChI is InChI=1S/C8H8ClN3/c1-10-8-11-6-4-2-3-5(9)7(6)12-8/h2-4H,1H3,(H2,10,11,12). The third-order valence-corrected chi connectivity index (χ3v) is 2.01. The highest BCUT2D eigenvalue weighted by Gasteiger charge is 2.02. The van der Waals surface area contributed by atoms with Crippen LogP contribution in [-0.4, -0.2) is 17.0 Å². The SMILES string of the molecule is CNc1nc2c(Cl)cccc2[nH]1. The topological polar surface area (TPSA) is 40.7 Å². The predicted octanol–water partition coefficient (Wildman–Crippen LogP) is 2.26. The van der Waals surface area contributed by atoms with E-state index in [0.29, 0.717) is 5.02 Å². The van der Waals surface area contributed by atoms with Gasteiger partial charge >= 0.3 is 0 Å². The zero-order valence-electron chi connectivity index (χ0n) is 6.56. The van der Waals surface area contributed by atoms with Crippen molar-refractivity contribution in [3.05, 3.63) is 23.2 Å². The molecule has 0 atom stereocenters. The number of rotatable bonds is 1. The number of H-pyrrole nitrogens is 1. The molecule has 2 aromatic rings. The summed E-state index contributed by atoms with van der Waals surface area (Å²) in [7, 11) is 1.81. The van der Waals surface area contributed by atoms with Gasteiger partial charge in [0.2, 0.25) is 5.95 Å². The summed E-state index contributed by atoms with van der Waals surface area (Å²) < 4.78 is 0. The number of hydrogen-bond acceptors (Lipinski definition) is 2. The van der Waals surface area contributed by atoms with E-state index < -0.39 is 0 Å². The molecule has 1 aromatic heterocycles. The highest BCUT2D eigenvalue weighted by atomic mass is 35.5. The van der Waals surface area contributed by atoms with Crippen LogP contribution in [0.1, 0.15) is 0 Å². The molecule has 12 heavy (non-hydrogen) atoms. The lowest BCUT2D eigenvalue weighted by molar-refractivity contribution is 1.28. The quantitative estimate of drug-likeness (QED) is 0.709. The average Bonchev–Trinajstić information content (AvgIpc) is 2.49. The van der Waals surface area contributed by atoms with Crippen LogP contribution in [0.4, 0.5) is 5.95 Å². The molecule has 0 saturated carbocycles. The average molecular weight is 182 g/mol. The molecule has 4 heteroatoms. The Hall–Kier alpha value is -1.22. The van der Waals surface area contributed by atoms with Gasteiger partial charge in [-0.25, -0.2) is 4.98 Å². The Bertz CT molecular complexity index is 408. The fourth-order valence-corrected chi connectivity index (χ4v) is 1.33. The fraction of sp³-hybridized carbons (Fsp3) is 0.125. The molecule has 0 unspecified atom stereocenters. The highest BCUT2D eigenvalue weighted by molar-refractivity contribution is 6.34. The van der Waals surface area contributed by atoms with E-state index >= 15 is 0 Å². The zero-order valence-corrected chi connectivity index (χ0v) is 7.31. The van der Waals surface area contributed by atoms with Gasteiger partial charge in [0, 0.05) is 7.05 Å². The lowest BCUT2D eigenvalue weighted by atomic mass is 10.3. The van der Waals surface area contributed by atoms with Crippen LogP contribution >= 0.6 is 11.6 Å². The van der Waals surface area contributed by atoms with Crippen molar-refractivity contribution in [1.29, 1.82) is 0 Å². The monoisotopic (exact) mass is 181 g/mol. The number of benzene rings is 1. The number of anilines is 1. The van der Waals surface area contributed by atoms with Crippen LogP contribution in [0.25, 0.3) is 11.0 Å². The lowest BCUT2D eigenvalue weighted by Gasteiger charge is -1.87. The van der Waals surface area contributed by atoms with Gasteiger partial charge in [-0.05, 0) is 12.1 Å². The molecule has 0 aliphatic rings. The maximum absolute atomic E-state index is 5.92. The first-order valence-electron chi connectivity index (χ1n) is 3.63. The molecule has 62 valence electrons. The summed E-state index contributed by atoms with van der Waals surface area (Å²) >= 11 is 5.92. The van der Waals surface area contributed by atoms with Crippen molar-refractivity contribution in [2.45, 2.75) is 0 Å². The molecule has 0 amide bonds. The number of imidazole rings is 1. The number of nitrogens with zero attached hydrogens (tertiary/aromatic N) is 1. The van der Waals surface area contributed by atoms with Crippen molar-refractivity contribution in [3.8, 4) is 0 Å². The Labute approximate surface area is 74.8 Å². The Morgan fingerprint density at radius 2 is 2.33 bits per heavy atom. The Kier molecular flexibility index (Phi) is 1.66. The second kappa shape index (κ2) is 2.68. The van der Waals surface area contributed by atoms with E-state index in [4.69, 9.17) is 11.6 Å². The summed E-state index contributed by atoms with van der Waals surface area (Å²) in [5, 5.41) is 3.59. The van der Waals surface area contributed by atoms with Gasteiger partial charge in [0.1, 0.15) is 5.52 Å². The minimum Gasteiger partial charge on any atom is -0.359 e. The van der Waals surface area contributed by atoms with E-state index in [1.807, 2.05) is 25.2 Å². The van der Waals surface area contributed by atoms with E-state index in [1.54, 1.807) is 0 Å². The summed E-state index contributed by atoms with van der Waals surface area (Å²) in [4.78, 5) is 7.31. The summed E-state index contributed by atoms with van der Waals surface area (Å²) in [5.41, 5.74) is 1.76. The molecule has 2 rings (SSSR count). The number of nitrogens with one attached hydrogen (secondary N) is 2. The molecular weight excluding hydrogens is 174 g/mol. The van der Waals surface area contributed by atoms with Gasteiger partial charge in [-0.1, -0.05) is 17.7 Å². The molecule has 1 aromatic carbocycles. The number of fused-ring (bicyclic) bond motifs is 1. The maximum atomic E-state index is 5.92. The van der Waals surface area contributed by atoms with Crippen LogP contribution < -0.4 is 5.32 Å². The van der Waals surface area contributed by atoms with E-state index in [9.17, 15) is 0 Å².